The van der Waals surface area contributed by atoms with Gasteiger partial charge in [-0.2, -0.15) is 13.2 Å². The Balaban J connectivity index is 4.57. The molecule has 0 saturated carbocycles. The highest BCUT2D eigenvalue weighted by molar-refractivity contribution is 5.70. The van der Waals surface area contributed by atoms with Crippen molar-refractivity contribution in [1.29, 1.82) is 0 Å². The number of hydrogen-bond acceptors (Lipinski definition) is 2. The van der Waals surface area contributed by atoms with Gasteiger partial charge in [0.05, 0.1) is 18.4 Å². The number of alkyl halides is 3. The fourth-order valence-corrected chi connectivity index (χ4v) is 0.800. The molecule has 2 nitrogen and oxygen atoms in total. The molecule has 0 saturated heterocycles. The van der Waals surface area contributed by atoms with Gasteiger partial charge in [0.25, 0.3) is 0 Å². The molecule has 0 heterocycles. The third-order valence-electron chi connectivity index (χ3n) is 1.91. The van der Waals surface area contributed by atoms with Gasteiger partial charge in [0.1, 0.15) is 0 Å². The average Bonchev–Trinajstić information content (AvgIpc) is 2.02. The molecule has 0 aliphatic rings. The molecule has 0 spiro atoms. The van der Waals surface area contributed by atoms with Gasteiger partial charge >= 0.3 is 12.1 Å². The van der Waals surface area contributed by atoms with Gasteiger partial charge in [-0.15, -0.1) is 6.58 Å². The number of rotatable bonds is 4. The minimum absolute atomic E-state index is 0.0733. The molecule has 0 aromatic carbocycles. The van der Waals surface area contributed by atoms with Crippen LogP contribution in [0.2, 0.25) is 0 Å². The molecular formula is C9H13F3O2. The summed E-state index contributed by atoms with van der Waals surface area (Å²) < 4.78 is 41.7. The summed E-state index contributed by atoms with van der Waals surface area (Å²) in [6.07, 6.45) is -4.49. The second-order valence-corrected chi connectivity index (χ2v) is 3.10. The van der Waals surface area contributed by atoms with Crippen LogP contribution in [0.4, 0.5) is 13.2 Å². The Morgan fingerprint density at radius 3 is 2.29 bits per heavy atom. The highest BCUT2D eigenvalue weighted by Crippen LogP contribution is 2.41. The van der Waals surface area contributed by atoms with Crippen LogP contribution in [0.15, 0.2) is 12.7 Å². The first-order valence-electron chi connectivity index (χ1n) is 4.13. The molecule has 0 aliphatic carbocycles. The van der Waals surface area contributed by atoms with E-state index in [1.54, 1.807) is 0 Å². The quantitative estimate of drug-likeness (QED) is 0.526. The van der Waals surface area contributed by atoms with Crippen molar-refractivity contribution in [3.63, 3.8) is 0 Å². The van der Waals surface area contributed by atoms with Crippen molar-refractivity contribution in [2.24, 2.45) is 5.41 Å². The molecule has 82 valence electrons. The SMILES string of the molecule is C=C[C@@](C)(CC(=O)OCC)C(F)(F)F. The maximum atomic E-state index is 12.4. The first-order valence-corrected chi connectivity index (χ1v) is 4.13. The summed E-state index contributed by atoms with van der Waals surface area (Å²) in [6, 6.07) is 0. The first kappa shape index (κ1) is 13.0. The standard InChI is InChI=1S/C9H13F3O2/c1-4-8(3,9(10,11)12)6-7(13)14-5-2/h4H,1,5-6H2,2-3H3/t8-/m0/s1. The fraction of sp³-hybridized carbons (Fsp3) is 0.667. The zero-order valence-electron chi connectivity index (χ0n) is 8.15. The van der Waals surface area contributed by atoms with Crippen molar-refractivity contribution >= 4 is 5.97 Å². The smallest absolute Gasteiger partial charge is 0.398 e. The van der Waals surface area contributed by atoms with E-state index in [4.69, 9.17) is 0 Å². The lowest BCUT2D eigenvalue weighted by molar-refractivity contribution is -0.206. The summed E-state index contributed by atoms with van der Waals surface area (Å²) in [4.78, 5) is 10.9. The number of allylic oxidation sites excluding steroid dienone is 1. The summed E-state index contributed by atoms with van der Waals surface area (Å²) in [7, 11) is 0. The first-order chi connectivity index (χ1) is 6.27. The van der Waals surface area contributed by atoms with Crippen LogP contribution in [0.5, 0.6) is 0 Å². The molecule has 0 aliphatic heterocycles. The second kappa shape index (κ2) is 4.48. The number of halogens is 3. The minimum Gasteiger partial charge on any atom is -0.466 e. The molecule has 14 heavy (non-hydrogen) atoms. The zero-order chi connectivity index (χ0) is 11.4. The van der Waals surface area contributed by atoms with Crippen LogP contribution in [0.1, 0.15) is 20.3 Å². The van der Waals surface area contributed by atoms with Gasteiger partial charge in [0.15, 0.2) is 0 Å². The summed E-state index contributed by atoms with van der Waals surface area (Å²) in [6.45, 7) is 5.61. The Labute approximate surface area is 80.7 Å². The molecule has 0 aromatic heterocycles. The molecule has 0 bridgehead atoms. The highest BCUT2D eigenvalue weighted by atomic mass is 19.4. The maximum absolute atomic E-state index is 12.4. The molecule has 0 amide bonds. The Bertz CT molecular complexity index is 223. The van der Waals surface area contributed by atoms with Crippen LogP contribution in [0.25, 0.3) is 0 Å². The predicted molar refractivity (Wildman–Crippen MR) is 45.6 cm³/mol. The van der Waals surface area contributed by atoms with Crippen molar-refractivity contribution in [3.8, 4) is 0 Å². The Hall–Kier alpha value is -1.00. The monoisotopic (exact) mass is 210 g/mol. The van der Waals surface area contributed by atoms with E-state index in [-0.39, 0.29) is 6.61 Å². The van der Waals surface area contributed by atoms with Gasteiger partial charge < -0.3 is 4.74 Å². The van der Waals surface area contributed by atoms with E-state index < -0.39 is 24.0 Å². The number of ether oxygens (including phenoxy) is 1. The molecule has 1 atom stereocenters. The Kier molecular flexibility index (Phi) is 4.16. The third-order valence-corrected chi connectivity index (χ3v) is 1.91. The van der Waals surface area contributed by atoms with Gasteiger partial charge in [-0.05, 0) is 13.8 Å². The Morgan fingerprint density at radius 2 is 2.00 bits per heavy atom. The highest BCUT2D eigenvalue weighted by Gasteiger charge is 2.50. The molecular weight excluding hydrogens is 197 g/mol. The summed E-state index contributed by atoms with van der Waals surface area (Å²) >= 11 is 0. The number of carbonyl (C=O) groups is 1. The topological polar surface area (TPSA) is 26.3 Å². The van der Waals surface area contributed by atoms with E-state index in [1.807, 2.05) is 0 Å². The van der Waals surface area contributed by atoms with Crippen LogP contribution in [-0.4, -0.2) is 18.8 Å². The molecule has 0 unspecified atom stereocenters. The summed E-state index contributed by atoms with van der Waals surface area (Å²) in [5.41, 5.74) is -2.21. The van der Waals surface area contributed by atoms with E-state index in [0.29, 0.717) is 0 Å². The normalized spacial score (nSPS) is 15.8. The van der Waals surface area contributed by atoms with Gasteiger partial charge in [0, 0.05) is 0 Å². The van der Waals surface area contributed by atoms with E-state index in [9.17, 15) is 18.0 Å². The van der Waals surface area contributed by atoms with Crippen molar-refractivity contribution < 1.29 is 22.7 Å². The summed E-state index contributed by atoms with van der Waals surface area (Å²) in [5.74, 6) is -0.868. The average molecular weight is 210 g/mol. The zero-order valence-corrected chi connectivity index (χ0v) is 8.15. The molecule has 0 fully saturated rings. The second-order valence-electron chi connectivity index (χ2n) is 3.10. The van der Waals surface area contributed by atoms with E-state index in [2.05, 4.69) is 11.3 Å². The van der Waals surface area contributed by atoms with E-state index in [1.165, 1.54) is 6.92 Å². The van der Waals surface area contributed by atoms with Crippen LogP contribution >= 0.6 is 0 Å². The third kappa shape index (κ3) is 3.05. The largest absolute Gasteiger partial charge is 0.466 e. The van der Waals surface area contributed by atoms with Gasteiger partial charge in [-0.1, -0.05) is 6.08 Å². The molecule has 5 heteroatoms. The van der Waals surface area contributed by atoms with Gasteiger partial charge in [-0.3, -0.25) is 4.79 Å². The lowest BCUT2D eigenvalue weighted by Crippen LogP contribution is -2.35. The van der Waals surface area contributed by atoms with E-state index in [0.717, 1.165) is 13.0 Å². The molecule has 0 rings (SSSR count). The number of hydrogen-bond donors (Lipinski definition) is 0. The number of carbonyl (C=O) groups excluding carboxylic acids is 1. The van der Waals surface area contributed by atoms with Crippen LogP contribution in [0, 0.1) is 5.41 Å². The van der Waals surface area contributed by atoms with Crippen molar-refractivity contribution in [2.75, 3.05) is 6.61 Å². The van der Waals surface area contributed by atoms with Crippen molar-refractivity contribution in [3.05, 3.63) is 12.7 Å². The van der Waals surface area contributed by atoms with E-state index >= 15 is 0 Å². The van der Waals surface area contributed by atoms with Gasteiger partial charge in [-0.25, -0.2) is 0 Å². The van der Waals surface area contributed by atoms with Crippen LogP contribution < -0.4 is 0 Å². The summed E-state index contributed by atoms with van der Waals surface area (Å²) in [5, 5.41) is 0. The molecule has 0 N–H and O–H groups in total. The minimum atomic E-state index is -4.48. The predicted octanol–water partition coefficient (Wildman–Crippen LogP) is 2.69. The fourth-order valence-electron chi connectivity index (χ4n) is 0.800. The maximum Gasteiger partial charge on any atom is 0.398 e. The van der Waals surface area contributed by atoms with Crippen LogP contribution in [0.3, 0.4) is 0 Å². The lowest BCUT2D eigenvalue weighted by atomic mass is 9.86. The van der Waals surface area contributed by atoms with Crippen molar-refractivity contribution in [2.45, 2.75) is 26.4 Å². The number of esters is 1. The van der Waals surface area contributed by atoms with Crippen LogP contribution in [-0.2, 0) is 9.53 Å². The Morgan fingerprint density at radius 1 is 1.50 bits per heavy atom. The van der Waals surface area contributed by atoms with Gasteiger partial charge in [0.2, 0.25) is 0 Å². The lowest BCUT2D eigenvalue weighted by Gasteiger charge is -2.27. The van der Waals surface area contributed by atoms with Crippen molar-refractivity contribution in [1.82, 2.24) is 0 Å². The molecule has 0 radical (unpaired) electrons. The molecule has 0 aromatic rings.